The maximum absolute atomic E-state index is 13.3. The molecule has 0 atom stereocenters. The predicted octanol–water partition coefficient (Wildman–Crippen LogP) is 1.95. The summed E-state index contributed by atoms with van der Waals surface area (Å²) >= 11 is 0. The van der Waals surface area contributed by atoms with Crippen LogP contribution in [0.15, 0.2) is 23.1 Å². The number of piperidine rings is 1. The van der Waals surface area contributed by atoms with Crippen molar-refractivity contribution < 1.29 is 27.1 Å². The van der Waals surface area contributed by atoms with Gasteiger partial charge in [-0.3, -0.25) is 9.69 Å². The molecule has 0 aliphatic carbocycles. The van der Waals surface area contributed by atoms with Gasteiger partial charge in [0.15, 0.2) is 11.6 Å². The Morgan fingerprint density at radius 1 is 1.28 bits per heavy atom. The second-order valence-electron chi connectivity index (χ2n) is 5.67. The number of sulfonamides is 1. The van der Waals surface area contributed by atoms with Crippen molar-refractivity contribution in [3.63, 3.8) is 0 Å². The summed E-state index contributed by atoms with van der Waals surface area (Å²) in [5.74, 6) is -3.22. The van der Waals surface area contributed by atoms with Gasteiger partial charge in [-0.05, 0) is 37.6 Å². The topological polar surface area (TPSA) is 77.9 Å². The first kappa shape index (κ1) is 21.8. The molecule has 0 amide bonds. The molecule has 1 N–H and O–H groups in total. The predicted molar refractivity (Wildman–Crippen MR) is 90.3 cm³/mol. The number of carboxylic acid groups (broad SMARTS) is 1. The molecule has 25 heavy (non-hydrogen) atoms. The van der Waals surface area contributed by atoms with E-state index in [9.17, 15) is 22.0 Å². The minimum atomic E-state index is -3.89. The van der Waals surface area contributed by atoms with Crippen LogP contribution in [0.3, 0.4) is 0 Å². The molecule has 2 rings (SSSR count). The molecule has 0 bridgehead atoms. The van der Waals surface area contributed by atoms with Gasteiger partial charge in [0.2, 0.25) is 10.0 Å². The zero-order valence-corrected chi connectivity index (χ0v) is 15.3. The first-order chi connectivity index (χ1) is 11.3. The van der Waals surface area contributed by atoms with E-state index in [-0.39, 0.29) is 43.0 Å². The summed E-state index contributed by atoms with van der Waals surface area (Å²) in [6, 6.07) is 2.51. The SMILES string of the molecule is CCN(CC(=O)O)C1CCN(S(=O)(=O)c2ccc(F)c(F)c2)CC1.Cl. The van der Waals surface area contributed by atoms with E-state index in [1.165, 1.54) is 4.31 Å². The third kappa shape index (κ3) is 5.10. The maximum Gasteiger partial charge on any atom is 0.317 e. The third-order valence-electron chi connectivity index (χ3n) is 4.21. The Kier molecular flexibility index (Phi) is 7.73. The molecule has 0 spiro atoms. The van der Waals surface area contributed by atoms with Crippen LogP contribution in [0, 0.1) is 11.6 Å². The van der Waals surface area contributed by atoms with Gasteiger partial charge in [-0.15, -0.1) is 12.4 Å². The third-order valence-corrected chi connectivity index (χ3v) is 6.11. The van der Waals surface area contributed by atoms with Crippen LogP contribution in [0.4, 0.5) is 8.78 Å². The van der Waals surface area contributed by atoms with E-state index in [1.54, 1.807) is 4.90 Å². The number of halogens is 3. The number of nitrogens with zero attached hydrogens (tertiary/aromatic N) is 2. The highest BCUT2D eigenvalue weighted by Gasteiger charge is 2.32. The van der Waals surface area contributed by atoms with Crippen molar-refractivity contribution in [2.24, 2.45) is 0 Å². The smallest absolute Gasteiger partial charge is 0.317 e. The van der Waals surface area contributed by atoms with Crippen LogP contribution in [0.2, 0.25) is 0 Å². The van der Waals surface area contributed by atoms with Crippen LogP contribution in [0.1, 0.15) is 19.8 Å². The minimum absolute atomic E-state index is 0. The average molecular weight is 399 g/mol. The van der Waals surface area contributed by atoms with Gasteiger partial charge in [-0.2, -0.15) is 4.31 Å². The van der Waals surface area contributed by atoms with Crippen LogP contribution in [-0.4, -0.2) is 60.9 Å². The molecular formula is C15H21ClF2N2O4S. The van der Waals surface area contributed by atoms with Crippen molar-refractivity contribution in [2.75, 3.05) is 26.2 Å². The summed E-state index contributed by atoms with van der Waals surface area (Å²) in [6.45, 7) is 2.75. The van der Waals surface area contributed by atoms with Crippen LogP contribution >= 0.6 is 12.4 Å². The molecular weight excluding hydrogens is 378 g/mol. The number of benzene rings is 1. The zero-order chi connectivity index (χ0) is 17.9. The molecule has 6 nitrogen and oxygen atoms in total. The molecule has 0 saturated carbocycles. The van der Waals surface area contributed by atoms with Crippen molar-refractivity contribution in [2.45, 2.75) is 30.7 Å². The van der Waals surface area contributed by atoms with Gasteiger partial charge in [0.25, 0.3) is 0 Å². The molecule has 1 aliphatic heterocycles. The van der Waals surface area contributed by atoms with Crippen molar-refractivity contribution in [3.05, 3.63) is 29.8 Å². The molecule has 1 heterocycles. The highest BCUT2D eigenvalue weighted by molar-refractivity contribution is 7.89. The average Bonchev–Trinajstić information content (AvgIpc) is 2.55. The monoisotopic (exact) mass is 398 g/mol. The standard InChI is InChI=1S/C15H20F2N2O4S.ClH/c1-2-18(10-15(20)21)11-5-7-19(8-6-11)24(22,23)12-3-4-13(16)14(17)9-12;/h3-4,9,11H,2,5-8,10H2,1H3,(H,20,21);1H. The van der Waals surface area contributed by atoms with Crippen molar-refractivity contribution in [1.82, 2.24) is 9.21 Å². The first-order valence-corrected chi connectivity index (χ1v) is 9.10. The summed E-state index contributed by atoms with van der Waals surface area (Å²) in [6.07, 6.45) is 0.980. The van der Waals surface area contributed by atoms with E-state index in [0.29, 0.717) is 25.5 Å². The second-order valence-corrected chi connectivity index (χ2v) is 7.61. The number of carbonyl (C=O) groups is 1. The molecule has 0 unspecified atom stereocenters. The summed E-state index contributed by atoms with van der Waals surface area (Å²) < 4.78 is 52.5. The fourth-order valence-corrected chi connectivity index (χ4v) is 4.39. The van der Waals surface area contributed by atoms with E-state index in [0.717, 1.165) is 12.1 Å². The number of carboxylic acids is 1. The van der Waals surface area contributed by atoms with Crippen LogP contribution in [-0.2, 0) is 14.8 Å². The Hall–Kier alpha value is -1.29. The lowest BCUT2D eigenvalue weighted by Crippen LogP contribution is -2.48. The molecule has 1 fully saturated rings. The van der Waals surface area contributed by atoms with E-state index in [1.807, 2.05) is 6.92 Å². The quantitative estimate of drug-likeness (QED) is 0.792. The Bertz CT molecular complexity index is 709. The van der Waals surface area contributed by atoms with Gasteiger partial charge in [0.1, 0.15) is 0 Å². The zero-order valence-electron chi connectivity index (χ0n) is 13.7. The normalized spacial score (nSPS) is 16.6. The lowest BCUT2D eigenvalue weighted by molar-refractivity contribution is -0.139. The van der Waals surface area contributed by atoms with Gasteiger partial charge in [0.05, 0.1) is 11.4 Å². The second kappa shape index (κ2) is 8.88. The van der Waals surface area contributed by atoms with E-state index in [4.69, 9.17) is 5.11 Å². The van der Waals surface area contributed by atoms with Crippen molar-refractivity contribution in [3.8, 4) is 0 Å². The number of hydrogen-bond donors (Lipinski definition) is 1. The number of likely N-dealkylation sites (N-methyl/N-ethyl adjacent to an activating group) is 1. The van der Waals surface area contributed by atoms with Gasteiger partial charge >= 0.3 is 5.97 Å². The molecule has 0 aromatic heterocycles. The molecule has 0 radical (unpaired) electrons. The van der Waals surface area contributed by atoms with Crippen LogP contribution in [0.25, 0.3) is 0 Å². The maximum atomic E-state index is 13.3. The fourth-order valence-electron chi connectivity index (χ4n) is 2.91. The van der Waals surface area contributed by atoms with E-state index >= 15 is 0 Å². The van der Waals surface area contributed by atoms with Crippen LogP contribution < -0.4 is 0 Å². The molecule has 142 valence electrons. The van der Waals surface area contributed by atoms with E-state index < -0.39 is 27.6 Å². The summed E-state index contributed by atoms with van der Waals surface area (Å²) in [5, 5.41) is 8.91. The Morgan fingerprint density at radius 3 is 2.36 bits per heavy atom. The van der Waals surface area contributed by atoms with E-state index in [2.05, 4.69) is 0 Å². The Morgan fingerprint density at radius 2 is 1.88 bits per heavy atom. The fraction of sp³-hybridized carbons (Fsp3) is 0.533. The Labute approximate surface area is 151 Å². The van der Waals surface area contributed by atoms with Gasteiger partial charge in [-0.25, -0.2) is 17.2 Å². The van der Waals surface area contributed by atoms with Crippen molar-refractivity contribution in [1.29, 1.82) is 0 Å². The number of rotatable bonds is 6. The summed E-state index contributed by atoms with van der Waals surface area (Å²) in [4.78, 5) is 12.4. The highest BCUT2D eigenvalue weighted by Crippen LogP contribution is 2.24. The van der Waals surface area contributed by atoms with Gasteiger partial charge in [-0.1, -0.05) is 6.92 Å². The van der Waals surface area contributed by atoms with Gasteiger partial charge < -0.3 is 5.11 Å². The van der Waals surface area contributed by atoms with Gasteiger partial charge in [0, 0.05) is 19.1 Å². The molecule has 1 aromatic carbocycles. The Balaban J connectivity index is 0.00000312. The first-order valence-electron chi connectivity index (χ1n) is 7.66. The highest BCUT2D eigenvalue weighted by atomic mass is 35.5. The summed E-state index contributed by atoms with van der Waals surface area (Å²) in [5.41, 5.74) is 0. The van der Waals surface area contributed by atoms with Crippen molar-refractivity contribution >= 4 is 28.4 Å². The molecule has 1 saturated heterocycles. The number of hydrogen-bond acceptors (Lipinski definition) is 4. The largest absolute Gasteiger partial charge is 0.480 e. The molecule has 10 heteroatoms. The lowest BCUT2D eigenvalue weighted by atomic mass is 10.0. The minimum Gasteiger partial charge on any atom is -0.480 e. The summed E-state index contributed by atoms with van der Waals surface area (Å²) in [7, 11) is -3.89. The molecule has 1 aliphatic rings. The molecule has 1 aromatic rings. The number of aliphatic carboxylic acids is 1. The lowest BCUT2D eigenvalue weighted by Gasteiger charge is -2.36. The van der Waals surface area contributed by atoms with Crippen LogP contribution in [0.5, 0.6) is 0 Å².